The molecular formula is C22H29N5O3. The number of nitrogens with zero attached hydrogens (tertiary/aromatic N) is 5. The molecule has 3 heterocycles. The smallest absolute Gasteiger partial charge is 0.237 e. The Morgan fingerprint density at radius 3 is 2.80 bits per heavy atom. The number of benzene rings is 1. The number of para-hydroxylation sites is 1. The maximum absolute atomic E-state index is 12.9. The highest BCUT2D eigenvalue weighted by Crippen LogP contribution is 2.23. The lowest BCUT2D eigenvalue weighted by Crippen LogP contribution is -2.42. The van der Waals surface area contributed by atoms with Gasteiger partial charge in [-0.2, -0.15) is 4.98 Å². The first-order valence-electron chi connectivity index (χ1n) is 10.4. The lowest BCUT2D eigenvalue weighted by molar-refractivity contribution is -0.133. The van der Waals surface area contributed by atoms with E-state index in [1.807, 2.05) is 24.8 Å². The van der Waals surface area contributed by atoms with Gasteiger partial charge in [-0.05, 0) is 25.5 Å². The molecule has 8 heteroatoms. The van der Waals surface area contributed by atoms with Crippen LogP contribution in [0.2, 0.25) is 0 Å². The number of rotatable bonds is 6. The molecule has 4 rings (SSSR count). The second-order valence-corrected chi connectivity index (χ2v) is 8.25. The van der Waals surface area contributed by atoms with Crippen LogP contribution in [0.3, 0.4) is 0 Å². The van der Waals surface area contributed by atoms with E-state index >= 15 is 0 Å². The number of aromatic nitrogens is 3. The highest BCUT2D eigenvalue weighted by Gasteiger charge is 2.30. The van der Waals surface area contributed by atoms with E-state index in [-0.39, 0.29) is 24.7 Å². The minimum Gasteiger partial charge on any atom is -0.367 e. The van der Waals surface area contributed by atoms with E-state index in [1.54, 1.807) is 6.92 Å². The van der Waals surface area contributed by atoms with Gasteiger partial charge >= 0.3 is 0 Å². The van der Waals surface area contributed by atoms with Crippen molar-refractivity contribution in [2.45, 2.75) is 46.1 Å². The third-order valence-electron chi connectivity index (χ3n) is 5.56. The van der Waals surface area contributed by atoms with E-state index in [0.717, 1.165) is 0 Å². The molecular weight excluding hydrogens is 382 g/mol. The minimum absolute atomic E-state index is 0.119. The Hall–Kier alpha value is -2.71. The van der Waals surface area contributed by atoms with Crippen molar-refractivity contribution in [2.24, 2.45) is 7.05 Å². The van der Waals surface area contributed by atoms with Crippen LogP contribution in [-0.2, 0) is 29.7 Å². The van der Waals surface area contributed by atoms with Gasteiger partial charge in [0, 0.05) is 56.7 Å². The quantitative estimate of drug-likeness (QED) is 0.620. The third kappa shape index (κ3) is 4.39. The van der Waals surface area contributed by atoms with Crippen molar-refractivity contribution in [1.82, 2.24) is 24.5 Å². The van der Waals surface area contributed by atoms with Gasteiger partial charge in [-0.15, -0.1) is 0 Å². The van der Waals surface area contributed by atoms with Gasteiger partial charge in [0.1, 0.15) is 6.61 Å². The molecule has 1 aliphatic heterocycles. The molecule has 30 heavy (non-hydrogen) atoms. The summed E-state index contributed by atoms with van der Waals surface area (Å²) in [6.07, 6.45) is 2.02. The van der Waals surface area contributed by atoms with E-state index in [2.05, 4.69) is 51.1 Å². The van der Waals surface area contributed by atoms with Gasteiger partial charge in [0.25, 0.3) is 0 Å². The van der Waals surface area contributed by atoms with E-state index in [4.69, 9.17) is 9.26 Å². The average Bonchev–Trinajstić information content (AvgIpc) is 3.21. The Balaban J connectivity index is 1.53. The molecule has 160 valence electrons. The van der Waals surface area contributed by atoms with Crippen molar-refractivity contribution in [2.75, 3.05) is 19.6 Å². The largest absolute Gasteiger partial charge is 0.367 e. The summed E-state index contributed by atoms with van der Waals surface area (Å²) in [5, 5.41) is 5.13. The summed E-state index contributed by atoms with van der Waals surface area (Å²) in [7, 11) is 2.05. The SMILES string of the molecule is Cc1nc(COC2CN(Cc3cn(C)c4ccccc34)CC(=O)N(C(C)C)C2)no1. The van der Waals surface area contributed by atoms with Crippen LogP contribution >= 0.6 is 0 Å². The molecule has 0 saturated carbocycles. The number of carbonyl (C=O) groups is 1. The second kappa shape index (κ2) is 8.57. The van der Waals surface area contributed by atoms with Crippen LogP contribution in [-0.4, -0.2) is 62.2 Å². The van der Waals surface area contributed by atoms with Gasteiger partial charge in [-0.3, -0.25) is 9.69 Å². The molecule has 0 bridgehead atoms. The Bertz CT molecular complexity index is 1020. The summed E-state index contributed by atoms with van der Waals surface area (Å²) >= 11 is 0. The third-order valence-corrected chi connectivity index (χ3v) is 5.56. The van der Waals surface area contributed by atoms with E-state index in [0.29, 0.717) is 37.9 Å². The molecule has 1 aromatic carbocycles. The molecule has 1 atom stereocenters. The molecule has 1 amide bonds. The molecule has 8 nitrogen and oxygen atoms in total. The Morgan fingerprint density at radius 2 is 2.07 bits per heavy atom. The first-order valence-corrected chi connectivity index (χ1v) is 10.4. The van der Waals surface area contributed by atoms with Crippen molar-refractivity contribution in [3.63, 3.8) is 0 Å². The molecule has 3 aromatic rings. The fraction of sp³-hybridized carbons (Fsp3) is 0.500. The molecule has 1 saturated heterocycles. The lowest BCUT2D eigenvalue weighted by Gasteiger charge is -2.27. The van der Waals surface area contributed by atoms with Crippen molar-refractivity contribution in [3.05, 3.63) is 47.7 Å². The minimum atomic E-state index is -0.132. The van der Waals surface area contributed by atoms with Gasteiger partial charge in [0.05, 0.1) is 12.6 Å². The summed E-state index contributed by atoms with van der Waals surface area (Å²) in [5.74, 6) is 1.18. The topological polar surface area (TPSA) is 76.6 Å². The number of ether oxygens (including phenoxy) is 1. The molecule has 1 fully saturated rings. The molecule has 0 aliphatic carbocycles. The van der Waals surface area contributed by atoms with Crippen LogP contribution in [0.4, 0.5) is 0 Å². The van der Waals surface area contributed by atoms with Crippen LogP contribution in [0.25, 0.3) is 10.9 Å². The normalized spacial score (nSPS) is 18.5. The number of aryl methyl sites for hydroxylation is 2. The average molecular weight is 412 g/mol. The summed E-state index contributed by atoms with van der Waals surface area (Å²) in [6, 6.07) is 8.47. The van der Waals surface area contributed by atoms with Gasteiger partial charge < -0.3 is 18.7 Å². The zero-order chi connectivity index (χ0) is 21.3. The highest BCUT2D eigenvalue weighted by molar-refractivity contribution is 5.84. The maximum atomic E-state index is 12.9. The lowest BCUT2D eigenvalue weighted by atomic mass is 10.1. The van der Waals surface area contributed by atoms with Crippen molar-refractivity contribution in [3.8, 4) is 0 Å². The van der Waals surface area contributed by atoms with Gasteiger partial charge in [-0.1, -0.05) is 23.4 Å². The first kappa shape index (κ1) is 20.6. The van der Waals surface area contributed by atoms with Crippen molar-refractivity contribution in [1.29, 1.82) is 0 Å². The fourth-order valence-electron chi connectivity index (χ4n) is 4.12. The van der Waals surface area contributed by atoms with Gasteiger partial charge in [0.15, 0.2) is 5.82 Å². The number of amides is 1. The van der Waals surface area contributed by atoms with Crippen molar-refractivity contribution < 1.29 is 14.1 Å². The maximum Gasteiger partial charge on any atom is 0.237 e. The Kier molecular flexibility index (Phi) is 5.87. The summed E-state index contributed by atoms with van der Waals surface area (Å²) in [5.41, 5.74) is 2.41. The van der Waals surface area contributed by atoms with E-state index in [1.165, 1.54) is 16.5 Å². The molecule has 2 aromatic heterocycles. The fourth-order valence-corrected chi connectivity index (χ4v) is 4.12. The Labute approximate surface area is 176 Å². The summed E-state index contributed by atoms with van der Waals surface area (Å²) in [6.45, 7) is 8.39. The van der Waals surface area contributed by atoms with Gasteiger partial charge in [-0.25, -0.2) is 0 Å². The number of hydrogen-bond acceptors (Lipinski definition) is 6. The zero-order valence-electron chi connectivity index (χ0n) is 18.0. The summed E-state index contributed by atoms with van der Waals surface area (Å²) < 4.78 is 13.3. The highest BCUT2D eigenvalue weighted by atomic mass is 16.5. The first-order chi connectivity index (χ1) is 14.4. The predicted octanol–water partition coefficient (Wildman–Crippen LogP) is 2.51. The number of hydrogen-bond donors (Lipinski definition) is 0. The number of fused-ring (bicyclic) bond motifs is 1. The van der Waals surface area contributed by atoms with Crippen LogP contribution < -0.4 is 0 Å². The standard InChI is InChI=1S/C22H29N5O3/c1-15(2)27-12-18(29-14-21-23-16(3)30-24-21)11-26(13-22(27)28)10-17-9-25(4)20-8-6-5-7-19(17)20/h5-9,15,18H,10-14H2,1-4H3. The Morgan fingerprint density at radius 1 is 1.27 bits per heavy atom. The van der Waals surface area contributed by atoms with Crippen LogP contribution in [0.5, 0.6) is 0 Å². The molecule has 0 spiro atoms. The van der Waals surface area contributed by atoms with Crippen molar-refractivity contribution >= 4 is 16.8 Å². The van der Waals surface area contributed by atoms with Gasteiger partial charge in [0.2, 0.25) is 11.8 Å². The second-order valence-electron chi connectivity index (χ2n) is 8.25. The predicted molar refractivity (Wildman–Crippen MR) is 113 cm³/mol. The van der Waals surface area contributed by atoms with E-state index in [9.17, 15) is 4.79 Å². The number of carbonyl (C=O) groups excluding carboxylic acids is 1. The van der Waals surface area contributed by atoms with Crippen LogP contribution in [0.1, 0.15) is 31.1 Å². The molecule has 1 aliphatic rings. The van der Waals surface area contributed by atoms with Crippen LogP contribution in [0, 0.1) is 6.92 Å². The summed E-state index contributed by atoms with van der Waals surface area (Å²) in [4.78, 5) is 21.2. The molecule has 0 N–H and O–H groups in total. The molecule has 1 unspecified atom stereocenters. The zero-order valence-corrected chi connectivity index (χ0v) is 18.0. The van der Waals surface area contributed by atoms with Crippen LogP contribution in [0.15, 0.2) is 35.0 Å². The monoisotopic (exact) mass is 411 g/mol. The molecule has 0 radical (unpaired) electrons. The van der Waals surface area contributed by atoms with E-state index < -0.39 is 0 Å².